The van der Waals surface area contributed by atoms with E-state index in [1.165, 1.54) is 13.8 Å². The number of carbonyl (C=O) groups is 2. The summed E-state index contributed by atoms with van der Waals surface area (Å²) in [6.07, 6.45) is -9.78. The predicted octanol–water partition coefficient (Wildman–Crippen LogP) is 5.68. The lowest BCUT2D eigenvalue weighted by Gasteiger charge is -2.27. The molecule has 5 rings (SSSR count). The normalized spacial score (nSPS) is 24.6. The molecule has 37 heavy (non-hydrogen) atoms. The molecule has 194 valence electrons. The summed E-state index contributed by atoms with van der Waals surface area (Å²) in [5.41, 5.74) is -0.986. The number of hydrogen-bond donors (Lipinski definition) is 1. The lowest BCUT2D eigenvalue weighted by molar-refractivity contribution is -0.143. The van der Waals surface area contributed by atoms with Gasteiger partial charge in [-0.3, -0.25) is 14.5 Å². The van der Waals surface area contributed by atoms with Crippen molar-refractivity contribution >= 4 is 17.5 Å². The van der Waals surface area contributed by atoms with Gasteiger partial charge in [-0.1, -0.05) is 24.3 Å². The third-order valence-electron chi connectivity index (χ3n) is 7.09. The minimum atomic E-state index is -5.08. The van der Waals surface area contributed by atoms with Gasteiger partial charge in [0.25, 0.3) is 11.8 Å². The molecule has 2 aromatic rings. The summed E-state index contributed by atoms with van der Waals surface area (Å²) in [6, 6.07) is 8.27. The number of carbonyl (C=O) groups excluding carboxylic acids is 2. The number of rotatable bonds is 3. The maximum absolute atomic E-state index is 13.4. The first-order valence-electron chi connectivity index (χ1n) is 11.3. The lowest BCUT2D eigenvalue weighted by atomic mass is 9.97. The molecule has 0 spiro atoms. The first-order chi connectivity index (χ1) is 17.3. The number of amides is 2. The fourth-order valence-electron chi connectivity index (χ4n) is 5.06. The Morgan fingerprint density at radius 3 is 2.22 bits per heavy atom. The predicted molar refractivity (Wildman–Crippen MR) is 120 cm³/mol. The molecule has 1 fully saturated rings. The summed E-state index contributed by atoms with van der Waals surface area (Å²) >= 11 is 0. The molecule has 2 amide bonds. The molecule has 0 radical (unpaired) electrons. The smallest absolute Gasteiger partial charge is 0.416 e. The van der Waals surface area contributed by atoms with Crippen molar-refractivity contribution in [2.45, 2.75) is 44.9 Å². The summed E-state index contributed by atoms with van der Waals surface area (Å²) in [5.74, 6) is -1.45. The van der Waals surface area contributed by atoms with Crippen LogP contribution < -0.4 is 10.2 Å². The Morgan fingerprint density at radius 2 is 1.59 bits per heavy atom. The highest BCUT2D eigenvalue weighted by molar-refractivity contribution is 6.09. The van der Waals surface area contributed by atoms with Crippen LogP contribution in [0.5, 0.6) is 0 Å². The number of benzene rings is 2. The van der Waals surface area contributed by atoms with Crippen LogP contribution in [0, 0.1) is 5.92 Å². The van der Waals surface area contributed by atoms with Gasteiger partial charge in [0.2, 0.25) is 6.23 Å². The van der Waals surface area contributed by atoms with Crippen LogP contribution in [-0.2, 0) is 33.1 Å². The van der Waals surface area contributed by atoms with Gasteiger partial charge >= 0.3 is 12.4 Å². The molecule has 1 aliphatic carbocycles. The highest BCUT2D eigenvalue weighted by atomic mass is 19.4. The lowest BCUT2D eigenvalue weighted by Crippen LogP contribution is -2.37. The van der Waals surface area contributed by atoms with E-state index >= 15 is 0 Å². The van der Waals surface area contributed by atoms with Crippen LogP contribution in [0.3, 0.4) is 0 Å². The molecular weight excluding hydrogens is 502 g/mol. The number of nitrogens with one attached hydrogen (secondary N) is 1. The quantitative estimate of drug-likeness (QED) is 0.321. The van der Waals surface area contributed by atoms with Gasteiger partial charge in [0.15, 0.2) is 0 Å². The summed E-state index contributed by atoms with van der Waals surface area (Å²) < 4.78 is 86.4. The van der Waals surface area contributed by atoms with E-state index in [-0.39, 0.29) is 29.2 Å². The van der Waals surface area contributed by atoms with Crippen molar-refractivity contribution in [3.63, 3.8) is 0 Å². The monoisotopic (exact) mass is 522 g/mol. The van der Waals surface area contributed by atoms with Crippen LogP contribution in [0.1, 0.15) is 42.1 Å². The topological polar surface area (TPSA) is 58.6 Å². The van der Waals surface area contributed by atoms with Crippen LogP contribution in [0.4, 0.5) is 32.0 Å². The molecule has 2 heterocycles. The molecule has 2 aromatic carbocycles. The third-order valence-corrected chi connectivity index (χ3v) is 7.09. The summed E-state index contributed by atoms with van der Waals surface area (Å²) in [6.45, 7) is 2.91. The largest absolute Gasteiger partial charge is 0.473 e. The molecule has 0 bridgehead atoms. The Kier molecular flexibility index (Phi) is 5.65. The van der Waals surface area contributed by atoms with Gasteiger partial charge in [-0.2, -0.15) is 26.3 Å². The molecular formula is C26H20F6N2O3. The molecule has 0 aromatic heterocycles. The van der Waals surface area contributed by atoms with E-state index in [2.05, 4.69) is 5.32 Å². The number of ether oxygens (including phenoxy) is 1. The van der Waals surface area contributed by atoms with E-state index in [0.717, 1.165) is 22.3 Å². The highest BCUT2D eigenvalue weighted by Crippen LogP contribution is 2.45. The zero-order chi connectivity index (χ0) is 26.9. The summed E-state index contributed by atoms with van der Waals surface area (Å²) in [4.78, 5) is 26.4. The summed E-state index contributed by atoms with van der Waals surface area (Å²) in [7, 11) is 0. The second kappa shape index (κ2) is 8.39. The van der Waals surface area contributed by atoms with E-state index in [1.54, 1.807) is 0 Å². The van der Waals surface area contributed by atoms with Gasteiger partial charge < -0.3 is 10.1 Å². The Bertz CT molecular complexity index is 1340. The van der Waals surface area contributed by atoms with E-state index < -0.39 is 47.2 Å². The first-order valence-corrected chi connectivity index (χ1v) is 11.3. The zero-order valence-electron chi connectivity index (χ0n) is 19.5. The molecule has 3 unspecified atom stereocenters. The second-order valence-electron chi connectivity index (χ2n) is 9.27. The van der Waals surface area contributed by atoms with Crippen molar-refractivity contribution < 1.29 is 40.7 Å². The number of alkyl halides is 6. The number of hydrogen-bond acceptors (Lipinski definition) is 3. The maximum atomic E-state index is 13.4. The van der Waals surface area contributed by atoms with Crippen LogP contribution in [-0.4, -0.2) is 18.0 Å². The average Bonchev–Trinajstić information content (AvgIpc) is 3.40. The molecule has 3 aliphatic rings. The van der Waals surface area contributed by atoms with Gasteiger partial charge in [0, 0.05) is 17.2 Å². The zero-order valence-corrected chi connectivity index (χ0v) is 19.5. The number of anilines is 1. The van der Waals surface area contributed by atoms with Crippen molar-refractivity contribution in [3.8, 4) is 0 Å². The molecule has 5 nitrogen and oxygen atoms in total. The second-order valence-corrected chi connectivity index (χ2v) is 9.27. The average molecular weight is 522 g/mol. The van der Waals surface area contributed by atoms with Gasteiger partial charge in [0.05, 0.1) is 29.0 Å². The molecule has 11 heteroatoms. The first kappa shape index (κ1) is 24.9. The van der Waals surface area contributed by atoms with Gasteiger partial charge in [-0.05, 0) is 55.2 Å². The van der Waals surface area contributed by atoms with E-state index in [4.69, 9.17) is 4.74 Å². The van der Waals surface area contributed by atoms with Gasteiger partial charge in [-0.15, -0.1) is 0 Å². The Labute approximate surface area is 207 Å². The molecule has 2 aliphatic heterocycles. The van der Waals surface area contributed by atoms with Crippen LogP contribution in [0.15, 0.2) is 65.4 Å². The van der Waals surface area contributed by atoms with Gasteiger partial charge in [-0.25, -0.2) is 0 Å². The highest BCUT2D eigenvalue weighted by Gasteiger charge is 2.45. The number of halogens is 6. The third kappa shape index (κ3) is 4.15. The molecule has 1 N–H and O–H groups in total. The Morgan fingerprint density at radius 1 is 0.973 bits per heavy atom. The fraction of sp³-hybridized carbons (Fsp3) is 0.308. The molecule has 3 atom stereocenters. The molecule has 0 saturated carbocycles. The van der Waals surface area contributed by atoms with Gasteiger partial charge in [0.1, 0.15) is 0 Å². The fourth-order valence-corrected chi connectivity index (χ4v) is 5.06. The maximum Gasteiger partial charge on any atom is 0.416 e. The van der Waals surface area contributed by atoms with E-state index in [1.807, 2.05) is 24.3 Å². The van der Waals surface area contributed by atoms with Crippen molar-refractivity contribution in [1.29, 1.82) is 0 Å². The number of nitrogens with zero attached hydrogens (tertiary/aromatic N) is 1. The van der Waals surface area contributed by atoms with Crippen molar-refractivity contribution in [3.05, 3.63) is 87.7 Å². The Hall–Kier alpha value is -3.76. The minimum absolute atomic E-state index is 0.00417. The van der Waals surface area contributed by atoms with Crippen molar-refractivity contribution in [2.24, 2.45) is 5.92 Å². The van der Waals surface area contributed by atoms with Crippen LogP contribution in [0.25, 0.3) is 0 Å². The van der Waals surface area contributed by atoms with Crippen LogP contribution in [0.2, 0.25) is 0 Å². The number of fused-ring (bicyclic) bond motifs is 3. The SMILES string of the molecule is CC1=C(C)C(O/C=C2/C(=O)NC3c4ccccc4CC23)N(c2cc(C(F)(F)F)cc(C(F)(F)F)c2)C1=O. The standard InChI is InChI=1S/C26H20F6N2O3/c1-12-13(2)24(37-11-20-19-7-14-5-3-4-6-18(14)21(19)33-22(20)35)34(23(12)36)17-9-15(25(27,28)29)8-16(10-17)26(30,31)32/h3-6,8-11,19,21,24H,7H2,1-2H3,(H,33,35)/b20-11+. The van der Waals surface area contributed by atoms with E-state index in [9.17, 15) is 35.9 Å². The van der Waals surface area contributed by atoms with Crippen molar-refractivity contribution in [2.75, 3.05) is 4.90 Å². The Balaban J connectivity index is 1.51. The van der Waals surface area contributed by atoms with E-state index in [0.29, 0.717) is 24.1 Å². The van der Waals surface area contributed by atoms with Crippen LogP contribution >= 0.6 is 0 Å². The summed E-state index contributed by atoms with van der Waals surface area (Å²) in [5, 5.41) is 2.89. The minimum Gasteiger partial charge on any atom is -0.473 e. The van der Waals surface area contributed by atoms with Crippen molar-refractivity contribution in [1.82, 2.24) is 5.32 Å². The molecule has 1 saturated heterocycles.